The number of carbonyl (C=O) groups is 1. The third-order valence-corrected chi connectivity index (χ3v) is 5.19. The molecular formula is C17H11Br2ClO4. The second kappa shape index (κ2) is 6.43. The Morgan fingerprint density at radius 3 is 2.62 bits per heavy atom. The third-order valence-electron chi connectivity index (χ3n) is 3.59. The van der Waals surface area contributed by atoms with Gasteiger partial charge in [0.2, 0.25) is 5.78 Å². The second-order valence-corrected chi connectivity index (χ2v) is 7.24. The van der Waals surface area contributed by atoms with Gasteiger partial charge < -0.3 is 14.6 Å². The van der Waals surface area contributed by atoms with Crippen LogP contribution in [0.25, 0.3) is 6.08 Å². The van der Waals surface area contributed by atoms with E-state index in [4.69, 9.17) is 21.1 Å². The van der Waals surface area contributed by atoms with Gasteiger partial charge in [-0.3, -0.25) is 4.79 Å². The summed E-state index contributed by atoms with van der Waals surface area (Å²) < 4.78 is 12.2. The average Bonchev–Trinajstić information content (AvgIpc) is 2.82. The summed E-state index contributed by atoms with van der Waals surface area (Å²) in [7, 11) is 1.53. The van der Waals surface area contributed by atoms with Gasteiger partial charge in [-0.05, 0) is 74.2 Å². The van der Waals surface area contributed by atoms with Gasteiger partial charge in [0.05, 0.1) is 22.2 Å². The van der Waals surface area contributed by atoms with E-state index in [0.717, 1.165) is 0 Å². The molecule has 0 atom stereocenters. The molecule has 24 heavy (non-hydrogen) atoms. The third kappa shape index (κ3) is 2.83. The molecule has 0 fully saturated rings. The van der Waals surface area contributed by atoms with Crippen LogP contribution in [-0.2, 0) is 0 Å². The summed E-state index contributed by atoms with van der Waals surface area (Å²) in [5.74, 6) is 0.916. The number of hydrogen-bond donors (Lipinski definition) is 1. The van der Waals surface area contributed by atoms with Gasteiger partial charge >= 0.3 is 0 Å². The molecule has 0 bridgehead atoms. The number of methoxy groups -OCH3 is 1. The minimum atomic E-state index is -0.240. The lowest BCUT2D eigenvalue weighted by Crippen LogP contribution is -1.98. The first-order valence-electron chi connectivity index (χ1n) is 6.82. The quantitative estimate of drug-likeness (QED) is 0.584. The number of phenolic OH excluding ortho intramolecular Hbond substituents is 1. The fourth-order valence-electron chi connectivity index (χ4n) is 2.42. The molecule has 0 amide bonds. The maximum absolute atomic E-state index is 12.6. The standard InChI is InChI=1S/C17H11Br2ClO4/c1-7-3-8(4-11(20)14(7)21)5-12-15(22)9-6-10(18)17(23-2)13(19)16(9)24-12/h3-6,21H,1-2H3/b12-5-. The lowest BCUT2D eigenvalue weighted by Gasteiger charge is -2.09. The van der Waals surface area contributed by atoms with E-state index < -0.39 is 0 Å². The Balaban J connectivity index is 2.07. The molecule has 0 unspecified atom stereocenters. The van der Waals surface area contributed by atoms with Crippen LogP contribution in [-0.4, -0.2) is 18.0 Å². The second-order valence-electron chi connectivity index (χ2n) is 5.19. The number of benzene rings is 2. The summed E-state index contributed by atoms with van der Waals surface area (Å²) in [4.78, 5) is 12.6. The summed E-state index contributed by atoms with van der Waals surface area (Å²) in [6.07, 6.45) is 1.59. The van der Waals surface area contributed by atoms with Crippen LogP contribution < -0.4 is 9.47 Å². The van der Waals surface area contributed by atoms with E-state index >= 15 is 0 Å². The Morgan fingerprint density at radius 1 is 1.29 bits per heavy atom. The van der Waals surface area contributed by atoms with Gasteiger partial charge in [0.25, 0.3) is 0 Å². The SMILES string of the molecule is COc1c(Br)cc2c(c1Br)O/C(=C\c1cc(C)c(O)c(Cl)c1)C2=O. The highest BCUT2D eigenvalue weighted by molar-refractivity contribution is 9.11. The van der Waals surface area contributed by atoms with Gasteiger partial charge in [0.1, 0.15) is 10.2 Å². The maximum Gasteiger partial charge on any atom is 0.232 e. The molecule has 0 saturated carbocycles. The fraction of sp³-hybridized carbons (Fsp3) is 0.118. The Kier molecular flexibility index (Phi) is 4.64. The predicted molar refractivity (Wildman–Crippen MR) is 99.2 cm³/mol. The van der Waals surface area contributed by atoms with E-state index in [2.05, 4.69) is 31.9 Å². The number of fused-ring (bicyclic) bond motifs is 1. The number of rotatable bonds is 2. The summed E-state index contributed by atoms with van der Waals surface area (Å²) in [5.41, 5.74) is 1.71. The van der Waals surface area contributed by atoms with Crippen molar-refractivity contribution in [2.75, 3.05) is 7.11 Å². The van der Waals surface area contributed by atoms with E-state index in [0.29, 0.717) is 37.1 Å². The maximum atomic E-state index is 12.6. The van der Waals surface area contributed by atoms with Crippen molar-refractivity contribution in [2.24, 2.45) is 0 Å². The Labute approximate surface area is 160 Å². The molecule has 0 radical (unpaired) electrons. The minimum Gasteiger partial charge on any atom is -0.506 e. The number of allylic oxidation sites excluding steroid dienone is 1. The topological polar surface area (TPSA) is 55.8 Å². The van der Waals surface area contributed by atoms with E-state index in [1.807, 2.05) is 0 Å². The van der Waals surface area contributed by atoms with Crippen LogP contribution in [0.3, 0.4) is 0 Å². The predicted octanol–water partition coefficient (Wildman–Crippen LogP) is 5.50. The number of phenols is 1. The number of carbonyl (C=O) groups excluding carboxylic acids is 1. The molecule has 3 rings (SSSR count). The highest BCUT2D eigenvalue weighted by Gasteiger charge is 2.32. The molecule has 2 aromatic carbocycles. The van der Waals surface area contributed by atoms with E-state index in [1.165, 1.54) is 7.11 Å². The highest BCUT2D eigenvalue weighted by Crippen LogP contribution is 2.47. The molecule has 0 spiro atoms. The zero-order chi connectivity index (χ0) is 17.6. The molecule has 0 aromatic heterocycles. The fourth-order valence-corrected chi connectivity index (χ4v) is 4.22. The molecular weight excluding hydrogens is 463 g/mol. The Bertz CT molecular complexity index is 883. The molecule has 1 N–H and O–H groups in total. The molecule has 7 heteroatoms. The number of Topliss-reactive ketones (excluding diaryl/α,β-unsaturated/α-hetero) is 1. The molecule has 1 aliphatic rings. The molecule has 2 aromatic rings. The summed E-state index contributed by atoms with van der Waals surface area (Å²) in [6, 6.07) is 4.96. The minimum absolute atomic E-state index is 0.0252. The number of ether oxygens (including phenoxy) is 2. The van der Waals surface area contributed by atoms with Crippen LogP contribution >= 0.6 is 43.5 Å². The number of halogens is 3. The lowest BCUT2D eigenvalue weighted by molar-refractivity contribution is 0.101. The zero-order valence-corrected chi connectivity index (χ0v) is 16.5. The molecule has 4 nitrogen and oxygen atoms in total. The molecule has 124 valence electrons. The van der Waals surface area contributed by atoms with Crippen molar-refractivity contribution < 1.29 is 19.4 Å². The van der Waals surface area contributed by atoms with Crippen LogP contribution in [0.1, 0.15) is 21.5 Å². The van der Waals surface area contributed by atoms with Gasteiger partial charge in [-0.15, -0.1) is 0 Å². The van der Waals surface area contributed by atoms with Gasteiger partial charge in [0, 0.05) is 0 Å². The lowest BCUT2D eigenvalue weighted by atomic mass is 10.1. The van der Waals surface area contributed by atoms with Crippen LogP contribution in [0, 0.1) is 6.92 Å². The highest BCUT2D eigenvalue weighted by atomic mass is 79.9. The van der Waals surface area contributed by atoms with Crippen molar-refractivity contribution in [2.45, 2.75) is 6.92 Å². The van der Waals surface area contributed by atoms with Crippen molar-refractivity contribution in [3.63, 3.8) is 0 Å². The first kappa shape index (κ1) is 17.3. The van der Waals surface area contributed by atoms with Gasteiger partial charge in [-0.25, -0.2) is 0 Å². The normalized spacial score (nSPS) is 14.7. The largest absolute Gasteiger partial charge is 0.506 e. The van der Waals surface area contributed by atoms with Crippen molar-refractivity contribution in [3.8, 4) is 17.2 Å². The van der Waals surface area contributed by atoms with Crippen LogP contribution in [0.5, 0.6) is 17.2 Å². The smallest absolute Gasteiger partial charge is 0.232 e. The van der Waals surface area contributed by atoms with Gasteiger partial charge in [0.15, 0.2) is 17.3 Å². The molecule has 1 heterocycles. The monoisotopic (exact) mass is 472 g/mol. The van der Waals surface area contributed by atoms with Crippen molar-refractivity contribution in [1.82, 2.24) is 0 Å². The summed E-state index contributed by atoms with van der Waals surface area (Å²) in [6.45, 7) is 1.73. The van der Waals surface area contributed by atoms with E-state index in [1.54, 1.807) is 31.2 Å². The van der Waals surface area contributed by atoms with Crippen LogP contribution in [0.15, 0.2) is 32.9 Å². The Morgan fingerprint density at radius 2 is 2.00 bits per heavy atom. The summed E-state index contributed by atoms with van der Waals surface area (Å²) >= 11 is 12.8. The number of ketones is 1. The van der Waals surface area contributed by atoms with Crippen molar-refractivity contribution in [1.29, 1.82) is 0 Å². The summed E-state index contributed by atoms with van der Waals surface area (Å²) in [5, 5.41) is 9.95. The first-order valence-corrected chi connectivity index (χ1v) is 8.79. The number of aromatic hydroxyl groups is 1. The average molecular weight is 475 g/mol. The zero-order valence-electron chi connectivity index (χ0n) is 12.6. The molecule has 0 saturated heterocycles. The van der Waals surface area contributed by atoms with Crippen LogP contribution in [0.2, 0.25) is 5.02 Å². The first-order chi connectivity index (χ1) is 11.3. The van der Waals surface area contributed by atoms with E-state index in [-0.39, 0.29) is 22.3 Å². The molecule has 1 aliphatic heterocycles. The van der Waals surface area contributed by atoms with E-state index in [9.17, 15) is 9.90 Å². The van der Waals surface area contributed by atoms with Gasteiger partial charge in [-0.1, -0.05) is 11.6 Å². The van der Waals surface area contributed by atoms with Gasteiger partial charge in [-0.2, -0.15) is 0 Å². The van der Waals surface area contributed by atoms with Crippen molar-refractivity contribution >= 4 is 55.3 Å². The number of aryl methyl sites for hydroxylation is 1. The Hall–Kier alpha value is -1.50. The number of hydrogen-bond acceptors (Lipinski definition) is 4. The van der Waals surface area contributed by atoms with Crippen LogP contribution in [0.4, 0.5) is 0 Å². The van der Waals surface area contributed by atoms with Crippen molar-refractivity contribution in [3.05, 3.63) is 54.6 Å². The molecule has 0 aliphatic carbocycles.